The number of nitrogens with one attached hydrogen (secondary N) is 2. The molecule has 1 rings (SSSR count). The summed E-state index contributed by atoms with van der Waals surface area (Å²) in [5.74, 6) is 0.862. The average molecular weight is 374 g/mol. The van der Waals surface area contributed by atoms with Crippen LogP contribution in [-0.4, -0.2) is 55.9 Å². The summed E-state index contributed by atoms with van der Waals surface area (Å²) in [6.07, 6.45) is 6.76. The predicted molar refractivity (Wildman–Crippen MR) is 94.6 cm³/mol. The molecule has 0 spiro atoms. The van der Waals surface area contributed by atoms with Crippen LogP contribution in [0.15, 0.2) is 0 Å². The molecule has 1 aliphatic rings. The van der Waals surface area contributed by atoms with Gasteiger partial charge in [-0.25, -0.2) is 4.79 Å². The number of rotatable bonds is 11. The Labute approximate surface area is 151 Å². The Morgan fingerprint density at radius 2 is 1.84 bits per heavy atom. The number of hydrogen-bond donors (Lipinski definition) is 2. The van der Waals surface area contributed by atoms with Crippen LogP contribution in [0.5, 0.6) is 0 Å². The third-order valence-corrected chi connectivity index (χ3v) is 7.54. The molecule has 1 saturated carbocycles. The second-order valence-electron chi connectivity index (χ2n) is 6.34. The van der Waals surface area contributed by atoms with Gasteiger partial charge in [0.05, 0.1) is 0 Å². The Morgan fingerprint density at radius 1 is 1.16 bits per heavy atom. The number of amides is 2. The van der Waals surface area contributed by atoms with Crippen LogP contribution in [-0.2, 0) is 18.0 Å². The molecule has 2 N–H and O–H groups in total. The highest BCUT2D eigenvalue weighted by Crippen LogP contribution is 2.28. The van der Waals surface area contributed by atoms with Crippen molar-refractivity contribution in [2.24, 2.45) is 11.8 Å². The monoisotopic (exact) mass is 373 g/mol. The number of nitriles is 1. The first-order chi connectivity index (χ1) is 12.1. The lowest BCUT2D eigenvalue weighted by Gasteiger charge is -2.28. The first kappa shape index (κ1) is 21.7. The van der Waals surface area contributed by atoms with E-state index in [9.17, 15) is 4.79 Å². The maximum absolute atomic E-state index is 11.9. The molecule has 144 valence electrons. The standard InChI is InChI=1S/C16H31N3O5Si/c1-21-25(22-2,23-3)9-5-8-18-16(20)19-11-14-6-4-7-15(10-14)12-24-13-17/h14-15H,4-12H2,1-3H3,(H2,18,19,20). The summed E-state index contributed by atoms with van der Waals surface area (Å²) in [5, 5.41) is 14.3. The fourth-order valence-corrected chi connectivity index (χ4v) is 4.98. The smallest absolute Gasteiger partial charge is 0.427 e. The quantitative estimate of drug-likeness (QED) is 0.326. The molecule has 2 amide bonds. The molecule has 0 radical (unpaired) electrons. The van der Waals surface area contributed by atoms with Crippen molar-refractivity contribution in [3.05, 3.63) is 0 Å². The minimum atomic E-state index is -2.56. The Balaban J connectivity index is 2.17. The normalized spacial score (nSPS) is 20.6. The van der Waals surface area contributed by atoms with Crippen molar-refractivity contribution < 1.29 is 22.8 Å². The van der Waals surface area contributed by atoms with Gasteiger partial charge >= 0.3 is 14.8 Å². The van der Waals surface area contributed by atoms with E-state index in [0.29, 0.717) is 37.6 Å². The van der Waals surface area contributed by atoms with Gasteiger partial charge in [0.1, 0.15) is 6.61 Å². The number of ether oxygens (including phenoxy) is 1. The summed E-state index contributed by atoms with van der Waals surface area (Å²) in [6, 6.07) is 0.495. The van der Waals surface area contributed by atoms with E-state index in [1.807, 2.05) is 0 Å². The fraction of sp³-hybridized carbons (Fsp3) is 0.875. The summed E-state index contributed by atoms with van der Waals surface area (Å²) in [6.45, 7) is 1.69. The van der Waals surface area contributed by atoms with E-state index < -0.39 is 8.80 Å². The summed E-state index contributed by atoms with van der Waals surface area (Å²) in [4.78, 5) is 11.9. The van der Waals surface area contributed by atoms with E-state index in [1.165, 1.54) is 0 Å². The van der Waals surface area contributed by atoms with E-state index in [-0.39, 0.29) is 6.03 Å². The topological polar surface area (TPSA) is 102 Å². The fourth-order valence-electron chi connectivity index (χ4n) is 3.26. The van der Waals surface area contributed by atoms with Crippen LogP contribution in [0.3, 0.4) is 0 Å². The zero-order valence-corrected chi connectivity index (χ0v) is 16.5. The van der Waals surface area contributed by atoms with Gasteiger partial charge in [-0.1, -0.05) is 6.42 Å². The predicted octanol–water partition coefficient (Wildman–Crippen LogP) is 1.86. The lowest BCUT2D eigenvalue weighted by atomic mass is 9.82. The van der Waals surface area contributed by atoms with Crippen molar-refractivity contribution in [2.75, 3.05) is 41.0 Å². The molecule has 2 unspecified atom stereocenters. The third-order valence-electron chi connectivity index (χ3n) is 4.70. The minimum absolute atomic E-state index is 0.157. The SMILES string of the molecule is CO[Si](CCCNC(=O)NCC1CCCC(COC#N)C1)(OC)OC. The molecule has 0 saturated heterocycles. The van der Waals surface area contributed by atoms with Gasteiger partial charge < -0.3 is 28.6 Å². The molecule has 9 heteroatoms. The van der Waals surface area contributed by atoms with E-state index >= 15 is 0 Å². The molecular formula is C16H31N3O5Si. The Hall–Kier alpha value is -1.34. The summed E-state index contributed by atoms with van der Waals surface area (Å²) in [5.41, 5.74) is 0. The van der Waals surface area contributed by atoms with E-state index in [1.54, 1.807) is 27.6 Å². The number of urea groups is 1. The molecule has 0 aromatic rings. The van der Waals surface area contributed by atoms with Crippen LogP contribution < -0.4 is 10.6 Å². The van der Waals surface area contributed by atoms with Gasteiger partial charge in [-0.3, -0.25) is 0 Å². The number of hydrogen-bond acceptors (Lipinski definition) is 6. The average Bonchev–Trinajstić information content (AvgIpc) is 2.66. The van der Waals surface area contributed by atoms with E-state index in [2.05, 4.69) is 10.6 Å². The van der Waals surface area contributed by atoms with Crippen LogP contribution in [0.1, 0.15) is 32.1 Å². The van der Waals surface area contributed by atoms with Crippen molar-refractivity contribution in [1.29, 1.82) is 5.26 Å². The maximum atomic E-state index is 11.9. The molecule has 0 aromatic heterocycles. The highest BCUT2D eigenvalue weighted by molar-refractivity contribution is 6.60. The summed E-state index contributed by atoms with van der Waals surface area (Å²) in [7, 11) is 2.19. The van der Waals surface area contributed by atoms with Gasteiger partial charge in [-0.15, -0.1) is 0 Å². The molecule has 0 aliphatic heterocycles. The van der Waals surface area contributed by atoms with E-state index in [4.69, 9.17) is 23.3 Å². The molecule has 2 atom stereocenters. The van der Waals surface area contributed by atoms with Crippen LogP contribution >= 0.6 is 0 Å². The number of carbonyl (C=O) groups is 1. The van der Waals surface area contributed by atoms with Gasteiger partial charge in [0.15, 0.2) is 0 Å². The lowest BCUT2D eigenvalue weighted by molar-refractivity contribution is 0.123. The zero-order valence-electron chi connectivity index (χ0n) is 15.5. The third kappa shape index (κ3) is 8.05. The van der Waals surface area contributed by atoms with Gasteiger partial charge in [0.2, 0.25) is 0 Å². The van der Waals surface area contributed by atoms with Crippen molar-refractivity contribution in [2.45, 2.75) is 38.1 Å². The number of nitrogens with zero attached hydrogens (tertiary/aromatic N) is 1. The largest absolute Gasteiger partial charge is 0.500 e. The van der Waals surface area contributed by atoms with Gasteiger partial charge in [-0.2, -0.15) is 5.26 Å². The van der Waals surface area contributed by atoms with Gasteiger partial charge in [0, 0.05) is 40.5 Å². The highest BCUT2D eigenvalue weighted by atomic mass is 28.4. The van der Waals surface area contributed by atoms with Gasteiger partial charge in [-0.05, 0) is 37.5 Å². The maximum Gasteiger partial charge on any atom is 0.500 e. The molecule has 0 heterocycles. The van der Waals surface area contributed by atoms with Crippen molar-refractivity contribution in [1.82, 2.24) is 10.6 Å². The second kappa shape index (κ2) is 12.1. The Bertz CT molecular complexity index is 420. The molecular weight excluding hydrogens is 342 g/mol. The molecule has 1 aliphatic carbocycles. The zero-order chi connectivity index (χ0) is 18.5. The molecule has 8 nitrogen and oxygen atoms in total. The van der Waals surface area contributed by atoms with Crippen molar-refractivity contribution in [3.63, 3.8) is 0 Å². The van der Waals surface area contributed by atoms with Crippen LogP contribution in [0.4, 0.5) is 4.79 Å². The van der Waals surface area contributed by atoms with Crippen LogP contribution in [0.25, 0.3) is 0 Å². The Morgan fingerprint density at radius 3 is 2.48 bits per heavy atom. The van der Waals surface area contributed by atoms with Crippen molar-refractivity contribution in [3.8, 4) is 6.26 Å². The van der Waals surface area contributed by atoms with Gasteiger partial charge in [0.25, 0.3) is 6.26 Å². The van der Waals surface area contributed by atoms with Crippen molar-refractivity contribution >= 4 is 14.8 Å². The first-order valence-electron chi connectivity index (χ1n) is 8.77. The summed E-state index contributed by atoms with van der Waals surface area (Å²) >= 11 is 0. The molecule has 0 aromatic carbocycles. The van der Waals surface area contributed by atoms with Crippen LogP contribution in [0, 0.1) is 23.4 Å². The minimum Gasteiger partial charge on any atom is -0.427 e. The molecule has 0 bridgehead atoms. The molecule has 25 heavy (non-hydrogen) atoms. The van der Waals surface area contributed by atoms with Crippen LogP contribution in [0.2, 0.25) is 6.04 Å². The first-order valence-corrected chi connectivity index (χ1v) is 10.7. The Kier molecular flexibility index (Phi) is 10.5. The van der Waals surface area contributed by atoms with E-state index in [0.717, 1.165) is 32.1 Å². The summed E-state index contributed by atoms with van der Waals surface area (Å²) < 4.78 is 20.9. The highest BCUT2D eigenvalue weighted by Gasteiger charge is 2.36. The second-order valence-corrected chi connectivity index (χ2v) is 9.43. The number of carbonyl (C=O) groups excluding carboxylic acids is 1. The molecule has 1 fully saturated rings. The lowest BCUT2D eigenvalue weighted by Crippen LogP contribution is -2.44.